The number of amides is 1. The summed E-state index contributed by atoms with van der Waals surface area (Å²) in [4.78, 5) is 17.4. The maximum Gasteiger partial charge on any atom is 0.229 e. The molecule has 0 saturated heterocycles. The molecule has 1 amide bonds. The quantitative estimate of drug-likeness (QED) is 0.868. The Morgan fingerprint density at radius 2 is 2.17 bits per heavy atom. The topological polar surface area (TPSA) is 68.0 Å². The fraction of sp³-hybridized carbons (Fsp3) is 0.412. The lowest BCUT2D eigenvalue weighted by Gasteiger charge is -2.16. The predicted molar refractivity (Wildman–Crippen MR) is 89.8 cm³/mol. The van der Waals surface area contributed by atoms with Crippen LogP contribution in [0.15, 0.2) is 24.4 Å². The van der Waals surface area contributed by atoms with Crippen molar-refractivity contribution >= 4 is 22.4 Å². The Hall–Kier alpha value is -1.86. The summed E-state index contributed by atoms with van der Waals surface area (Å²) in [6.07, 6.45) is 4.98. The minimum Gasteiger partial charge on any atom is -0.330 e. The average molecular weight is 351 g/mol. The molecule has 3 N–H and O–H groups in total. The zero-order valence-corrected chi connectivity index (χ0v) is 13.9. The lowest BCUT2D eigenvalue weighted by atomic mass is 9.95. The molecule has 2 atom stereocenters. The van der Waals surface area contributed by atoms with Crippen molar-refractivity contribution < 1.29 is 13.6 Å². The minimum atomic E-state index is -0.861. The second kappa shape index (κ2) is 7.36. The van der Waals surface area contributed by atoms with Gasteiger partial charge in [0.2, 0.25) is 5.91 Å². The van der Waals surface area contributed by atoms with E-state index in [-0.39, 0.29) is 17.7 Å². The number of nitrogens with two attached hydrogens (primary N) is 1. The van der Waals surface area contributed by atoms with Gasteiger partial charge < -0.3 is 11.1 Å². The normalized spacial score (nSPS) is 20.3. The van der Waals surface area contributed by atoms with E-state index in [1.807, 2.05) is 0 Å². The molecule has 4 nitrogen and oxygen atoms in total. The van der Waals surface area contributed by atoms with Crippen LogP contribution in [0.25, 0.3) is 0 Å². The van der Waals surface area contributed by atoms with E-state index in [1.165, 1.54) is 17.4 Å². The van der Waals surface area contributed by atoms with Gasteiger partial charge in [-0.1, -0.05) is 12.5 Å². The summed E-state index contributed by atoms with van der Waals surface area (Å²) in [7, 11) is 0. The number of hydrogen-bond donors (Lipinski definition) is 2. The molecule has 7 heteroatoms. The Balaban J connectivity index is 1.63. The van der Waals surface area contributed by atoms with Gasteiger partial charge in [0, 0.05) is 23.4 Å². The molecule has 1 aromatic heterocycles. The summed E-state index contributed by atoms with van der Waals surface area (Å²) in [6.45, 7) is 0.525. The number of anilines is 1. The molecule has 0 bridgehead atoms. The number of halogens is 2. The highest BCUT2D eigenvalue weighted by molar-refractivity contribution is 7.15. The first-order valence-electron chi connectivity index (χ1n) is 7.96. The second-order valence-corrected chi connectivity index (χ2v) is 7.19. The second-order valence-electron chi connectivity index (χ2n) is 6.08. The van der Waals surface area contributed by atoms with Crippen LogP contribution in [0.2, 0.25) is 0 Å². The molecule has 0 radical (unpaired) electrons. The van der Waals surface area contributed by atoms with Gasteiger partial charge in [-0.15, -0.1) is 11.3 Å². The van der Waals surface area contributed by atoms with E-state index in [2.05, 4.69) is 10.3 Å². The van der Waals surface area contributed by atoms with Crippen molar-refractivity contribution in [2.24, 2.45) is 17.6 Å². The number of rotatable bonds is 5. The fourth-order valence-corrected chi connectivity index (χ4v) is 4.01. The van der Waals surface area contributed by atoms with E-state index in [1.54, 1.807) is 12.3 Å². The molecular weight excluding hydrogens is 332 g/mol. The van der Waals surface area contributed by atoms with Crippen molar-refractivity contribution in [3.8, 4) is 0 Å². The molecule has 1 saturated carbocycles. The molecule has 3 rings (SSSR count). The summed E-state index contributed by atoms with van der Waals surface area (Å²) in [5.41, 5.74) is 6.38. The Bertz CT molecular complexity index is 734. The van der Waals surface area contributed by atoms with Crippen molar-refractivity contribution in [3.05, 3.63) is 46.5 Å². The molecule has 0 unspecified atom stereocenters. The lowest BCUT2D eigenvalue weighted by molar-refractivity contribution is -0.120. The third-order valence-electron chi connectivity index (χ3n) is 4.44. The molecule has 128 valence electrons. The third-order valence-corrected chi connectivity index (χ3v) is 5.36. The van der Waals surface area contributed by atoms with Crippen molar-refractivity contribution in [1.29, 1.82) is 0 Å². The van der Waals surface area contributed by atoms with Crippen LogP contribution in [0.5, 0.6) is 0 Å². The molecule has 0 aliphatic heterocycles. The molecule has 2 aromatic rings. The molecule has 1 heterocycles. The van der Waals surface area contributed by atoms with Crippen molar-refractivity contribution in [2.75, 3.05) is 11.9 Å². The summed E-state index contributed by atoms with van der Waals surface area (Å²) in [6, 6.07) is 3.83. The van der Waals surface area contributed by atoms with Crippen LogP contribution in [0.1, 0.15) is 29.7 Å². The van der Waals surface area contributed by atoms with Gasteiger partial charge in [0.05, 0.1) is 0 Å². The first kappa shape index (κ1) is 17.0. The maximum atomic E-state index is 13.2. The molecule has 1 aliphatic rings. The fourth-order valence-electron chi connectivity index (χ4n) is 3.16. The first-order chi connectivity index (χ1) is 11.6. The number of nitrogens with one attached hydrogen (secondary N) is 1. The molecule has 1 fully saturated rings. The van der Waals surface area contributed by atoms with E-state index < -0.39 is 11.6 Å². The number of aromatic nitrogens is 1. The Kier molecular flexibility index (Phi) is 5.20. The monoisotopic (exact) mass is 351 g/mol. The van der Waals surface area contributed by atoms with E-state index in [0.29, 0.717) is 23.7 Å². The van der Waals surface area contributed by atoms with Gasteiger partial charge >= 0.3 is 0 Å². The summed E-state index contributed by atoms with van der Waals surface area (Å²) < 4.78 is 26.2. The number of carbonyl (C=O) groups is 1. The zero-order chi connectivity index (χ0) is 17.1. The van der Waals surface area contributed by atoms with Crippen molar-refractivity contribution in [1.82, 2.24) is 4.98 Å². The summed E-state index contributed by atoms with van der Waals surface area (Å²) in [5, 5.41) is 3.38. The number of thiazole rings is 1. The van der Waals surface area contributed by atoms with Gasteiger partial charge in [-0.2, -0.15) is 0 Å². The largest absolute Gasteiger partial charge is 0.330 e. The van der Waals surface area contributed by atoms with Crippen LogP contribution < -0.4 is 11.1 Å². The van der Waals surface area contributed by atoms with Gasteiger partial charge in [-0.25, -0.2) is 13.8 Å². The highest BCUT2D eigenvalue weighted by Gasteiger charge is 2.32. The molecule has 1 aliphatic carbocycles. The Morgan fingerprint density at radius 3 is 2.92 bits per heavy atom. The van der Waals surface area contributed by atoms with E-state index in [4.69, 9.17) is 5.73 Å². The molecular formula is C17H19F2N3OS. The van der Waals surface area contributed by atoms with E-state index in [9.17, 15) is 13.6 Å². The van der Waals surface area contributed by atoms with Crippen LogP contribution >= 0.6 is 11.3 Å². The molecule has 1 aromatic carbocycles. The molecule has 0 spiro atoms. The minimum absolute atomic E-state index is 0.0309. The van der Waals surface area contributed by atoms with E-state index >= 15 is 0 Å². The predicted octanol–water partition coefficient (Wildman–Crippen LogP) is 3.33. The van der Waals surface area contributed by atoms with Crippen LogP contribution in [0.3, 0.4) is 0 Å². The van der Waals surface area contributed by atoms with Crippen molar-refractivity contribution in [3.63, 3.8) is 0 Å². The summed E-state index contributed by atoms with van der Waals surface area (Å²) >= 11 is 1.34. The van der Waals surface area contributed by atoms with Gasteiger partial charge in [0.25, 0.3) is 0 Å². The standard InChI is InChI=1S/C17H19F2N3OS/c18-14-5-4-10(7-15(14)19)6-12-9-21-17(24-12)22-16(23)13-3-1-2-11(13)8-20/h4-5,7,9,11,13H,1-3,6,8,20H2,(H,21,22,23)/t11-,13-/m1/s1. The maximum absolute atomic E-state index is 13.2. The average Bonchev–Trinajstić information content (AvgIpc) is 3.20. The highest BCUT2D eigenvalue weighted by atomic mass is 32.1. The van der Waals surface area contributed by atoms with Gasteiger partial charge in [0.15, 0.2) is 16.8 Å². The Labute approximate surface area is 143 Å². The van der Waals surface area contributed by atoms with Crippen LogP contribution in [-0.4, -0.2) is 17.4 Å². The Morgan fingerprint density at radius 1 is 1.33 bits per heavy atom. The smallest absolute Gasteiger partial charge is 0.229 e. The van der Waals surface area contributed by atoms with Gasteiger partial charge in [-0.3, -0.25) is 4.79 Å². The van der Waals surface area contributed by atoms with E-state index in [0.717, 1.165) is 30.2 Å². The van der Waals surface area contributed by atoms with Crippen LogP contribution in [0.4, 0.5) is 13.9 Å². The van der Waals surface area contributed by atoms with Gasteiger partial charge in [0.1, 0.15) is 0 Å². The number of carbonyl (C=O) groups excluding carboxylic acids is 1. The lowest BCUT2D eigenvalue weighted by Crippen LogP contribution is -2.29. The number of nitrogens with zero attached hydrogens (tertiary/aromatic N) is 1. The molecule has 24 heavy (non-hydrogen) atoms. The first-order valence-corrected chi connectivity index (χ1v) is 8.78. The highest BCUT2D eigenvalue weighted by Crippen LogP contribution is 2.32. The summed E-state index contributed by atoms with van der Waals surface area (Å²) in [5.74, 6) is -1.56. The van der Waals surface area contributed by atoms with Crippen LogP contribution in [-0.2, 0) is 11.2 Å². The number of benzene rings is 1. The van der Waals surface area contributed by atoms with Crippen LogP contribution in [0, 0.1) is 23.5 Å². The SMILES string of the molecule is NC[C@H]1CCC[C@H]1C(=O)Nc1ncc(Cc2ccc(F)c(F)c2)s1. The van der Waals surface area contributed by atoms with Gasteiger partial charge in [-0.05, 0) is 43.0 Å². The zero-order valence-electron chi connectivity index (χ0n) is 13.1. The van der Waals surface area contributed by atoms with Crippen molar-refractivity contribution in [2.45, 2.75) is 25.7 Å². The third kappa shape index (κ3) is 3.79. The number of hydrogen-bond acceptors (Lipinski definition) is 4.